The number of nitrogens with one attached hydrogen (secondary N) is 1. The van der Waals surface area contributed by atoms with E-state index in [0.29, 0.717) is 18.4 Å². The van der Waals surface area contributed by atoms with Gasteiger partial charge in [-0.15, -0.1) is 0 Å². The van der Waals surface area contributed by atoms with Gasteiger partial charge in [0, 0.05) is 28.5 Å². The zero-order chi connectivity index (χ0) is 21.6. The van der Waals surface area contributed by atoms with Crippen LogP contribution in [0.5, 0.6) is 5.88 Å². The Kier molecular flexibility index (Phi) is 11.2. The van der Waals surface area contributed by atoms with Crippen molar-refractivity contribution in [1.29, 1.82) is 0 Å². The number of carbonyl (C=O) groups is 1. The highest BCUT2D eigenvalue weighted by molar-refractivity contribution is 9.10. The summed E-state index contributed by atoms with van der Waals surface area (Å²) in [5.74, 6) is 1.14. The Morgan fingerprint density at radius 2 is 1.90 bits per heavy atom. The van der Waals surface area contributed by atoms with Crippen LogP contribution in [0.3, 0.4) is 0 Å². The van der Waals surface area contributed by atoms with E-state index in [1.807, 2.05) is 36.4 Å². The number of unbranched alkanes of at least 4 members (excludes halogenated alkanes) is 5. The summed E-state index contributed by atoms with van der Waals surface area (Å²) < 4.78 is 6.85. The standard InChI is InChI=1S/C25H33BrN2O2/c1-20(2)19-27-24(29)12-10-8-6-4-3-5-7-9-11-17-30-25-16-13-21-18-22(26)14-15-23(21)28-25/h6,8,10,12-16,18,20H,3-5,7,9,11,17,19H2,1-2H3,(H,27,29)/b8-6+,12-10+. The first-order valence-corrected chi connectivity index (χ1v) is 11.6. The number of hydrogen-bond acceptors (Lipinski definition) is 3. The van der Waals surface area contributed by atoms with E-state index in [1.54, 1.807) is 6.08 Å². The van der Waals surface area contributed by atoms with Gasteiger partial charge in [0.05, 0.1) is 12.1 Å². The normalized spacial score (nSPS) is 11.7. The molecule has 0 radical (unpaired) electrons. The molecule has 0 atom stereocenters. The molecule has 0 fully saturated rings. The number of hydrogen-bond donors (Lipinski definition) is 1. The van der Waals surface area contributed by atoms with Crippen LogP contribution in [0.1, 0.15) is 52.4 Å². The maximum Gasteiger partial charge on any atom is 0.243 e. The fourth-order valence-corrected chi connectivity index (χ4v) is 3.29. The highest BCUT2D eigenvalue weighted by atomic mass is 79.9. The summed E-state index contributed by atoms with van der Waals surface area (Å²) >= 11 is 3.48. The van der Waals surface area contributed by atoms with Crippen LogP contribution in [0.15, 0.2) is 59.1 Å². The van der Waals surface area contributed by atoms with E-state index in [0.717, 1.165) is 34.8 Å². The van der Waals surface area contributed by atoms with Gasteiger partial charge in [-0.05, 0) is 49.4 Å². The van der Waals surface area contributed by atoms with Gasteiger partial charge in [0.25, 0.3) is 0 Å². The fraction of sp³-hybridized carbons (Fsp3) is 0.440. The van der Waals surface area contributed by atoms with Crippen molar-refractivity contribution < 1.29 is 9.53 Å². The zero-order valence-corrected chi connectivity index (χ0v) is 19.7. The lowest BCUT2D eigenvalue weighted by atomic mass is 10.1. The van der Waals surface area contributed by atoms with Crippen molar-refractivity contribution in [3.63, 3.8) is 0 Å². The lowest BCUT2D eigenvalue weighted by Crippen LogP contribution is -2.25. The average molecular weight is 473 g/mol. The van der Waals surface area contributed by atoms with Crippen LogP contribution >= 0.6 is 15.9 Å². The van der Waals surface area contributed by atoms with Crippen LogP contribution in [0.25, 0.3) is 10.9 Å². The molecule has 1 aromatic carbocycles. The van der Waals surface area contributed by atoms with Crippen molar-refractivity contribution >= 4 is 32.7 Å². The van der Waals surface area contributed by atoms with Crippen molar-refractivity contribution in [2.75, 3.05) is 13.2 Å². The first kappa shape index (κ1) is 24.1. The molecule has 30 heavy (non-hydrogen) atoms. The fourth-order valence-electron chi connectivity index (χ4n) is 2.91. The van der Waals surface area contributed by atoms with Crippen molar-refractivity contribution in [1.82, 2.24) is 10.3 Å². The zero-order valence-electron chi connectivity index (χ0n) is 18.1. The summed E-state index contributed by atoms with van der Waals surface area (Å²) in [6.07, 6.45) is 14.3. The average Bonchev–Trinajstić information content (AvgIpc) is 2.73. The van der Waals surface area contributed by atoms with Crippen LogP contribution in [-0.4, -0.2) is 24.0 Å². The molecule has 0 aliphatic rings. The minimum absolute atomic E-state index is 0.0254. The molecule has 0 saturated carbocycles. The van der Waals surface area contributed by atoms with Crippen LogP contribution < -0.4 is 10.1 Å². The number of ether oxygens (including phenoxy) is 1. The number of halogens is 1. The molecule has 4 nitrogen and oxygen atoms in total. The minimum atomic E-state index is -0.0254. The SMILES string of the molecule is CC(C)CNC(=O)/C=C/C=C/CCCCCCCOc1ccc2cc(Br)ccc2n1. The summed E-state index contributed by atoms with van der Waals surface area (Å²) in [4.78, 5) is 16.1. The highest BCUT2D eigenvalue weighted by Crippen LogP contribution is 2.21. The van der Waals surface area contributed by atoms with E-state index in [9.17, 15) is 4.79 Å². The lowest BCUT2D eigenvalue weighted by molar-refractivity contribution is -0.116. The number of aromatic nitrogens is 1. The van der Waals surface area contributed by atoms with Crippen LogP contribution in [-0.2, 0) is 4.79 Å². The lowest BCUT2D eigenvalue weighted by Gasteiger charge is -2.06. The second-order valence-electron chi connectivity index (χ2n) is 7.82. The Balaban J connectivity index is 1.48. The van der Waals surface area contributed by atoms with Crippen LogP contribution in [0, 0.1) is 5.92 Å². The van der Waals surface area contributed by atoms with E-state index in [-0.39, 0.29) is 5.91 Å². The summed E-state index contributed by atoms with van der Waals surface area (Å²) in [6, 6.07) is 10.0. The summed E-state index contributed by atoms with van der Waals surface area (Å²) in [7, 11) is 0. The molecule has 1 aromatic heterocycles. The Labute approximate surface area is 188 Å². The molecule has 0 saturated heterocycles. The van der Waals surface area contributed by atoms with Gasteiger partial charge in [-0.1, -0.05) is 67.3 Å². The van der Waals surface area contributed by atoms with E-state index >= 15 is 0 Å². The molecule has 2 rings (SSSR count). The third kappa shape index (κ3) is 10.1. The van der Waals surface area contributed by atoms with Gasteiger partial charge in [-0.2, -0.15) is 0 Å². The Bertz CT molecular complexity index is 846. The van der Waals surface area contributed by atoms with Gasteiger partial charge in [0.2, 0.25) is 11.8 Å². The number of allylic oxidation sites excluding steroid dienone is 3. The van der Waals surface area contributed by atoms with Gasteiger partial charge >= 0.3 is 0 Å². The number of carbonyl (C=O) groups excluding carboxylic acids is 1. The van der Waals surface area contributed by atoms with Crippen LogP contribution in [0.2, 0.25) is 0 Å². The molecule has 1 amide bonds. The number of rotatable bonds is 13. The molecule has 0 spiro atoms. The molecular formula is C25H33BrN2O2. The topological polar surface area (TPSA) is 51.2 Å². The van der Waals surface area contributed by atoms with Gasteiger partial charge in [0.1, 0.15) is 0 Å². The van der Waals surface area contributed by atoms with E-state index in [1.165, 1.54) is 25.7 Å². The first-order chi connectivity index (χ1) is 14.5. The highest BCUT2D eigenvalue weighted by Gasteiger charge is 2.00. The monoisotopic (exact) mass is 472 g/mol. The maximum atomic E-state index is 11.5. The number of pyridine rings is 1. The Morgan fingerprint density at radius 3 is 2.73 bits per heavy atom. The van der Waals surface area contributed by atoms with E-state index < -0.39 is 0 Å². The third-order valence-electron chi connectivity index (χ3n) is 4.57. The summed E-state index contributed by atoms with van der Waals surface area (Å²) in [5, 5.41) is 3.97. The predicted octanol–water partition coefficient (Wildman–Crippen LogP) is 6.60. The van der Waals surface area contributed by atoms with E-state index in [2.05, 4.69) is 52.2 Å². The Hall–Kier alpha value is -2.14. The Morgan fingerprint density at radius 1 is 1.10 bits per heavy atom. The second-order valence-corrected chi connectivity index (χ2v) is 8.73. The molecular weight excluding hydrogens is 440 g/mol. The van der Waals surface area contributed by atoms with Crippen LogP contribution in [0.4, 0.5) is 0 Å². The number of benzene rings is 1. The molecule has 1 N–H and O–H groups in total. The molecule has 162 valence electrons. The predicted molar refractivity (Wildman–Crippen MR) is 129 cm³/mol. The van der Waals surface area contributed by atoms with Gasteiger partial charge in [0.15, 0.2) is 0 Å². The number of nitrogens with zero attached hydrogens (tertiary/aromatic N) is 1. The van der Waals surface area contributed by atoms with Crippen molar-refractivity contribution in [3.05, 3.63) is 59.1 Å². The quantitative estimate of drug-likeness (QED) is 0.203. The molecule has 0 bridgehead atoms. The van der Waals surface area contributed by atoms with Gasteiger partial charge < -0.3 is 10.1 Å². The van der Waals surface area contributed by atoms with E-state index in [4.69, 9.17) is 4.74 Å². The third-order valence-corrected chi connectivity index (χ3v) is 5.06. The van der Waals surface area contributed by atoms with Gasteiger partial charge in [-0.25, -0.2) is 4.98 Å². The van der Waals surface area contributed by atoms with Crippen molar-refractivity contribution in [2.24, 2.45) is 5.92 Å². The number of fused-ring (bicyclic) bond motifs is 1. The molecule has 2 aromatic rings. The smallest absolute Gasteiger partial charge is 0.243 e. The molecule has 0 aliphatic carbocycles. The number of amides is 1. The maximum absolute atomic E-state index is 11.5. The molecule has 5 heteroatoms. The summed E-state index contributed by atoms with van der Waals surface area (Å²) in [6.45, 7) is 5.59. The second kappa shape index (κ2) is 14.0. The molecule has 1 heterocycles. The molecule has 0 aliphatic heterocycles. The molecule has 0 unspecified atom stereocenters. The van der Waals surface area contributed by atoms with Crippen molar-refractivity contribution in [2.45, 2.75) is 52.4 Å². The van der Waals surface area contributed by atoms with Crippen molar-refractivity contribution in [3.8, 4) is 5.88 Å². The first-order valence-electron chi connectivity index (χ1n) is 10.8. The largest absolute Gasteiger partial charge is 0.478 e. The summed E-state index contributed by atoms with van der Waals surface area (Å²) in [5.41, 5.74) is 0.954. The minimum Gasteiger partial charge on any atom is -0.478 e. The van der Waals surface area contributed by atoms with Gasteiger partial charge in [-0.3, -0.25) is 4.79 Å².